The van der Waals surface area contributed by atoms with E-state index in [0.717, 1.165) is 0 Å². The number of methoxy groups -OCH3 is 1. The van der Waals surface area contributed by atoms with Gasteiger partial charge in [0.2, 0.25) is 0 Å². The molecule has 0 aliphatic heterocycles. The van der Waals surface area contributed by atoms with E-state index in [1.54, 1.807) is 12.1 Å². The number of nitrogens with one attached hydrogen (secondary N) is 1. The van der Waals surface area contributed by atoms with Crippen LogP contribution in [-0.4, -0.2) is 31.4 Å². The van der Waals surface area contributed by atoms with Gasteiger partial charge < -0.3 is 15.2 Å². The Morgan fingerprint density at radius 2 is 2.11 bits per heavy atom. The molecular formula is C16H25NO2. The van der Waals surface area contributed by atoms with Crippen molar-refractivity contribution in [1.82, 2.24) is 5.32 Å². The number of likely N-dealkylation sites (N-methyl/N-ethyl adjacent to an activating group) is 1. The fraction of sp³-hybridized carbons (Fsp3) is 0.625. The Labute approximate surface area is 128 Å². The highest BCUT2D eigenvalue weighted by atomic mass is 16.5. The van der Waals surface area contributed by atoms with E-state index < -0.39 is 43.4 Å². The smallest absolute Gasteiger partial charge is 0.118 e. The van der Waals surface area contributed by atoms with Gasteiger partial charge in [-0.25, -0.2) is 0 Å². The molecular weight excluding hydrogens is 238 g/mol. The monoisotopic (exact) mass is 272 g/mol. The summed E-state index contributed by atoms with van der Waals surface area (Å²) < 4.78 is 78.2. The van der Waals surface area contributed by atoms with Gasteiger partial charge in [-0.15, -0.1) is 0 Å². The molecule has 2 rings (SSSR count). The summed E-state index contributed by atoms with van der Waals surface area (Å²) >= 11 is 0. The van der Waals surface area contributed by atoms with Crippen LogP contribution < -0.4 is 10.1 Å². The van der Waals surface area contributed by atoms with Gasteiger partial charge in [-0.3, -0.25) is 0 Å². The second-order valence-electron chi connectivity index (χ2n) is 4.37. The van der Waals surface area contributed by atoms with E-state index in [-0.39, 0.29) is 6.54 Å². The molecule has 1 aliphatic carbocycles. The SMILES string of the molecule is [2H]C1C([2H])([2H])C([2H])([2H])C([2H])([2H])C([2H])([2H])C1(O)C(CNC)c1ccc(OC)cc1. The van der Waals surface area contributed by atoms with Gasteiger partial charge >= 0.3 is 0 Å². The quantitative estimate of drug-likeness (QED) is 0.866. The summed E-state index contributed by atoms with van der Waals surface area (Å²) in [6, 6.07) is 6.16. The van der Waals surface area contributed by atoms with Crippen LogP contribution in [0.25, 0.3) is 0 Å². The number of benzene rings is 1. The Bertz CT molecular complexity index is 711. The van der Waals surface area contributed by atoms with Gasteiger partial charge in [-0.1, -0.05) is 31.3 Å². The third-order valence-corrected chi connectivity index (χ3v) is 3.15. The molecule has 3 nitrogen and oxygen atoms in total. The molecule has 1 aliphatic rings. The number of hydrogen-bond donors (Lipinski definition) is 2. The van der Waals surface area contributed by atoms with Gasteiger partial charge in [0, 0.05) is 24.8 Å². The van der Waals surface area contributed by atoms with Crippen molar-refractivity contribution in [3.05, 3.63) is 29.8 Å². The minimum atomic E-state index is -3.41. The van der Waals surface area contributed by atoms with Crippen molar-refractivity contribution in [1.29, 1.82) is 0 Å². The Hall–Kier alpha value is -1.06. The predicted octanol–water partition coefficient (Wildman–Crippen LogP) is 2.69. The summed E-state index contributed by atoms with van der Waals surface area (Å²) in [6.07, 6.45) is -15.5. The molecule has 1 saturated carbocycles. The van der Waals surface area contributed by atoms with E-state index in [4.69, 9.17) is 17.1 Å². The van der Waals surface area contributed by atoms with Crippen LogP contribution in [0.2, 0.25) is 0 Å². The first-order valence-corrected chi connectivity index (χ1v) is 6.07. The van der Waals surface area contributed by atoms with Gasteiger partial charge in [-0.2, -0.15) is 0 Å². The third kappa shape index (κ3) is 3.28. The summed E-state index contributed by atoms with van der Waals surface area (Å²) in [6.45, 7) is -0.0904. The second kappa shape index (κ2) is 6.40. The lowest BCUT2D eigenvalue weighted by molar-refractivity contribution is -0.0211. The highest BCUT2D eigenvalue weighted by Crippen LogP contribution is 2.39. The molecule has 0 saturated heterocycles. The molecule has 0 aromatic heterocycles. The molecule has 1 aromatic carbocycles. The van der Waals surface area contributed by atoms with Crippen LogP contribution in [0.15, 0.2) is 24.3 Å². The highest BCUT2D eigenvalue weighted by molar-refractivity contribution is 5.31. The van der Waals surface area contributed by atoms with Crippen molar-refractivity contribution in [2.24, 2.45) is 0 Å². The van der Waals surface area contributed by atoms with Crippen LogP contribution in [0.4, 0.5) is 0 Å². The number of ether oxygens (including phenoxy) is 1. The fourth-order valence-electron chi connectivity index (χ4n) is 2.11. The summed E-state index contributed by atoms with van der Waals surface area (Å²) in [4.78, 5) is 0. The molecule has 3 atom stereocenters. The minimum Gasteiger partial charge on any atom is -0.497 e. The molecule has 0 bridgehead atoms. The zero-order valence-electron chi connectivity index (χ0n) is 20.0. The molecule has 1 fully saturated rings. The van der Waals surface area contributed by atoms with E-state index >= 15 is 0 Å². The summed E-state index contributed by atoms with van der Waals surface area (Å²) in [5.41, 5.74) is -2.53. The van der Waals surface area contributed by atoms with E-state index in [9.17, 15) is 5.11 Å². The Kier molecular flexibility index (Phi) is 2.22. The number of aliphatic hydroxyl groups is 1. The molecule has 2 N–H and O–H groups in total. The van der Waals surface area contributed by atoms with Crippen LogP contribution >= 0.6 is 0 Å². The summed E-state index contributed by atoms with van der Waals surface area (Å²) in [7, 11) is 2.98. The van der Waals surface area contributed by atoms with E-state index in [2.05, 4.69) is 5.32 Å². The maximum absolute atomic E-state index is 11.5. The van der Waals surface area contributed by atoms with Crippen molar-refractivity contribution in [3.63, 3.8) is 0 Å². The minimum absolute atomic E-state index is 0.0904. The van der Waals surface area contributed by atoms with Crippen LogP contribution in [-0.2, 0) is 0 Å². The number of hydrogen-bond acceptors (Lipinski definition) is 3. The average Bonchev–Trinajstić information content (AvgIpc) is 2.63. The molecule has 106 valence electrons. The molecule has 19 heavy (non-hydrogen) atoms. The standard InChI is InChI=1S/C16H25NO2/c1-17-12-15(16(18)10-4-3-5-11-16)13-6-8-14(19-2)9-7-13/h6-9,15,17-18H,3-5,10-12H2,1-2H3/i3D2,4D2,5D2,10D,11D2. The molecule has 0 heterocycles. The zero-order chi connectivity index (χ0) is 21.8. The van der Waals surface area contributed by atoms with Crippen molar-refractivity contribution in [2.75, 3.05) is 20.7 Å². The maximum atomic E-state index is 11.5. The molecule has 3 heteroatoms. The first-order valence-electron chi connectivity index (χ1n) is 10.7. The second-order valence-corrected chi connectivity index (χ2v) is 4.37. The molecule has 0 spiro atoms. The summed E-state index contributed by atoms with van der Waals surface area (Å²) in [5.74, 6) is -0.739. The van der Waals surface area contributed by atoms with E-state index in [1.165, 1.54) is 26.3 Å². The lowest BCUT2D eigenvalue weighted by atomic mass is 9.73. The Morgan fingerprint density at radius 3 is 2.74 bits per heavy atom. The van der Waals surface area contributed by atoms with Gasteiger partial charge in [0.1, 0.15) is 5.75 Å². The van der Waals surface area contributed by atoms with Gasteiger partial charge in [-0.05, 0) is 37.5 Å². The Morgan fingerprint density at radius 1 is 1.37 bits per heavy atom. The van der Waals surface area contributed by atoms with E-state index in [1.807, 2.05) is 0 Å². The first-order chi connectivity index (χ1) is 12.6. The Balaban J connectivity index is 2.74. The number of rotatable bonds is 5. The normalized spacial score (nSPS) is 46.5. The highest BCUT2D eigenvalue weighted by Gasteiger charge is 2.38. The maximum Gasteiger partial charge on any atom is 0.118 e. The fourth-order valence-corrected chi connectivity index (χ4v) is 2.11. The van der Waals surface area contributed by atoms with Crippen LogP contribution in [0.3, 0.4) is 0 Å². The van der Waals surface area contributed by atoms with Crippen molar-refractivity contribution in [3.8, 4) is 5.75 Å². The van der Waals surface area contributed by atoms with Gasteiger partial charge in [0.05, 0.1) is 12.7 Å². The third-order valence-electron chi connectivity index (χ3n) is 3.15. The van der Waals surface area contributed by atoms with Crippen LogP contribution in [0, 0.1) is 0 Å². The molecule has 0 radical (unpaired) electrons. The molecule has 1 aromatic rings. The van der Waals surface area contributed by atoms with Gasteiger partial charge in [0.15, 0.2) is 0 Å². The predicted molar refractivity (Wildman–Crippen MR) is 77.7 cm³/mol. The zero-order valence-corrected chi connectivity index (χ0v) is 11.0. The largest absolute Gasteiger partial charge is 0.497 e. The lowest BCUT2D eigenvalue weighted by Crippen LogP contribution is -2.42. The van der Waals surface area contributed by atoms with Crippen molar-refractivity contribution in [2.45, 2.75) is 43.4 Å². The summed E-state index contributed by atoms with van der Waals surface area (Å²) in [5, 5.41) is 14.2. The average molecular weight is 272 g/mol. The van der Waals surface area contributed by atoms with Crippen molar-refractivity contribution >= 4 is 0 Å². The van der Waals surface area contributed by atoms with Crippen LogP contribution in [0.5, 0.6) is 5.75 Å². The molecule has 3 unspecified atom stereocenters. The molecule has 0 amide bonds. The van der Waals surface area contributed by atoms with Crippen LogP contribution in [0.1, 0.15) is 55.7 Å². The van der Waals surface area contributed by atoms with Gasteiger partial charge in [0.25, 0.3) is 0 Å². The van der Waals surface area contributed by atoms with E-state index in [0.29, 0.717) is 11.3 Å². The van der Waals surface area contributed by atoms with Crippen molar-refractivity contribution < 1.29 is 22.2 Å². The first kappa shape index (κ1) is 6.59. The topological polar surface area (TPSA) is 41.5 Å². The lowest BCUT2D eigenvalue weighted by Gasteiger charge is -2.39.